The molecule has 3 rings (SSSR count). The lowest BCUT2D eigenvalue weighted by Gasteiger charge is -2.34. The van der Waals surface area contributed by atoms with Crippen LogP contribution in [-0.2, 0) is 24.3 Å². The third-order valence-corrected chi connectivity index (χ3v) is 5.23. The lowest BCUT2D eigenvalue weighted by atomic mass is 9.94. The van der Waals surface area contributed by atoms with Crippen molar-refractivity contribution >= 4 is 33.2 Å². The summed E-state index contributed by atoms with van der Waals surface area (Å²) in [5.41, 5.74) is 2.39. The van der Waals surface area contributed by atoms with Gasteiger partial charge in [0.15, 0.2) is 0 Å². The predicted octanol–water partition coefficient (Wildman–Crippen LogP) is 3.52. The van der Waals surface area contributed by atoms with E-state index in [1.807, 2.05) is 35.2 Å². The molecular formula is C15H14BrNO2S. The van der Waals surface area contributed by atoms with Gasteiger partial charge in [0, 0.05) is 18.0 Å². The minimum absolute atomic E-state index is 0.439. The number of nitrogens with zero attached hydrogens (tertiary/aromatic N) is 1. The molecule has 1 N–H and O–H groups in total. The molecule has 2 aromatic rings. The highest BCUT2D eigenvalue weighted by atomic mass is 79.9. The largest absolute Gasteiger partial charge is 0.480 e. The van der Waals surface area contributed by atoms with Gasteiger partial charge >= 0.3 is 5.97 Å². The number of rotatable bonds is 3. The average molecular weight is 352 g/mol. The summed E-state index contributed by atoms with van der Waals surface area (Å²) < 4.78 is 1.08. The Labute approximate surface area is 130 Å². The van der Waals surface area contributed by atoms with Crippen LogP contribution in [0.1, 0.15) is 16.0 Å². The average Bonchev–Trinajstić information content (AvgIpc) is 2.83. The Morgan fingerprint density at radius 1 is 1.30 bits per heavy atom. The van der Waals surface area contributed by atoms with Crippen LogP contribution in [0.15, 0.2) is 40.2 Å². The van der Waals surface area contributed by atoms with Gasteiger partial charge in [0.25, 0.3) is 0 Å². The number of fused-ring (bicyclic) bond motifs is 1. The number of aliphatic carboxylic acids is 1. The van der Waals surface area contributed by atoms with Crippen LogP contribution in [0, 0.1) is 0 Å². The second-order valence-electron chi connectivity index (χ2n) is 4.94. The van der Waals surface area contributed by atoms with E-state index in [4.69, 9.17) is 0 Å². The van der Waals surface area contributed by atoms with Crippen molar-refractivity contribution < 1.29 is 9.90 Å². The fourth-order valence-electron chi connectivity index (χ4n) is 2.62. The fourth-order valence-corrected chi connectivity index (χ4v) is 4.13. The summed E-state index contributed by atoms with van der Waals surface area (Å²) in [7, 11) is 0. The third kappa shape index (κ3) is 2.80. The van der Waals surface area contributed by atoms with Crippen LogP contribution in [0.25, 0.3) is 0 Å². The molecule has 0 unspecified atom stereocenters. The van der Waals surface area contributed by atoms with Crippen LogP contribution in [0.4, 0.5) is 0 Å². The van der Waals surface area contributed by atoms with Crippen LogP contribution in [-0.4, -0.2) is 22.0 Å². The van der Waals surface area contributed by atoms with Crippen molar-refractivity contribution in [3.8, 4) is 0 Å². The third-order valence-electron chi connectivity index (χ3n) is 3.62. The molecular weight excluding hydrogens is 338 g/mol. The van der Waals surface area contributed by atoms with E-state index in [1.54, 1.807) is 11.3 Å². The lowest BCUT2D eigenvalue weighted by molar-refractivity contribution is -0.144. The molecule has 0 bridgehead atoms. The summed E-state index contributed by atoms with van der Waals surface area (Å²) >= 11 is 5.11. The van der Waals surface area contributed by atoms with Crippen molar-refractivity contribution in [1.29, 1.82) is 0 Å². The highest BCUT2D eigenvalue weighted by Crippen LogP contribution is 2.28. The molecule has 0 spiro atoms. The summed E-state index contributed by atoms with van der Waals surface area (Å²) in [5.74, 6) is -0.741. The minimum atomic E-state index is -0.741. The standard InChI is InChI=1S/C15H14BrNO2S/c16-14-6-5-12(20-14)9-17-8-11-4-2-1-3-10(11)7-13(17)15(18)19/h1-6,13H,7-9H2,(H,18,19)/t13-/m0/s1. The van der Waals surface area contributed by atoms with Crippen LogP contribution in [0.3, 0.4) is 0 Å². The first-order valence-electron chi connectivity index (χ1n) is 6.41. The van der Waals surface area contributed by atoms with E-state index < -0.39 is 12.0 Å². The quantitative estimate of drug-likeness (QED) is 0.919. The Kier molecular flexibility index (Phi) is 3.92. The molecule has 1 aliphatic heterocycles. The molecule has 2 heterocycles. The van der Waals surface area contributed by atoms with Crippen molar-refractivity contribution in [2.45, 2.75) is 25.6 Å². The van der Waals surface area contributed by atoms with Crippen molar-refractivity contribution in [3.63, 3.8) is 0 Å². The summed E-state index contributed by atoms with van der Waals surface area (Å²) in [5, 5.41) is 9.47. The molecule has 3 nitrogen and oxygen atoms in total. The molecule has 1 atom stereocenters. The van der Waals surface area contributed by atoms with E-state index in [2.05, 4.69) is 22.0 Å². The van der Waals surface area contributed by atoms with Gasteiger partial charge in [-0.3, -0.25) is 9.69 Å². The number of hydrogen-bond donors (Lipinski definition) is 1. The van der Waals surface area contributed by atoms with Gasteiger partial charge < -0.3 is 5.11 Å². The highest BCUT2D eigenvalue weighted by molar-refractivity contribution is 9.11. The Balaban J connectivity index is 1.86. The summed E-state index contributed by atoms with van der Waals surface area (Å²) in [4.78, 5) is 14.7. The molecule has 1 aromatic carbocycles. The van der Waals surface area contributed by atoms with Gasteiger partial charge in [-0.2, -0.15) is 0 Å². The first-order valence-corrected chi connectivity index (χ1v) is 8.02. The van der Waals surface area contributed by atoms with E-state index in [1.165, 1.54) is 10.4 Å². The molecule has 5 heteroatoms. The maximum absolute atomic E-state index is 11.5. The normalized spacial score (nSPS) is 18.8. The zero-order valence-electron chi connectivity index (χ0n) is 10.8. The number of hydrogen-bond acceptors (Lipinski definition) is 3. The van der Waals surface area contributed by atoms with Crippen LogP contribution >= 0.6 is 27.3 Å². The second-order valence-corrected chi connectivity index (χ2v) is 7.49. The molecule has 1 aromatic heterocycles. The fraction of sp³-hybridized carbons (Fsp3) is 0.267. The maximum Gasteiger partial charge on any atom is 0.321 e. The van der Waals surface area contributed by atoms with Crippen LogP contribution < -0.4 is 0 Å². The summed E-state index contributed by atoms with van der Waals surface area (Å²) in [6.07, 6.45) is 0.581. The smallest absolute Gasteiger partial charge is 0.321 e. The SMILES string of the molecule is O=C(O)[C@@H]1Cc2ccccc2CN1Cc1ccc(Br)s1. The molecule has 0 fully saturated rings. The Morgan fingerprint density at radius 3 is 2.70 bits per heavy atom. The maximum atomic E-state index is 11.5. The number of carboxylic acid groups (broad SMARTS) is 1. The topological polar surface area (TPSA) is 40.5 Å². The number of halogens is 1. The number of carbonyl (C=O) groups is 1. The zero-order valence-corrected chi connectivity index (χ0v) is 13.2. The minimum Gasteiger partial charge on any atom is -0.480 e. The van der Waals surface area contributed by atoms with Gasteiger partial charge in [0.2, 0.25) is 0 Å². The number of benzene rings is 1. The van der Waals surface area contributed by atoms with Gasteiger partial charge in [-0.1, -0.05) is 24.3 Å². The molecule has 0 amide bonds. The molecule has 0 saturated heterocycles. The van der Waals surface area contributed by atoms with Crippen molar-refractivity contribution in [1.82, 2.24) is 4.90 Å². The van der Waals surface area contributed by atoms with Gasteiger partial charge in [-0.15, -0.1) is 11.3 Å². The van der Waals surface area contributed by atoms with Crippen molar-refractivity contribution in [3.05, 3.63) is 56.2 Å². The predicted molar refractivity (Wildman–Crippen MR) is 82.8 cm³/mol. The molecule has 20 heavy (non-hydrogen) atoms. The molecule has 0 aliphatic carbocycles. The van der Waals surface area contributed by atoms with E-state index in [-0.39, 0.29) is 0 Å². The van der Waals surface area contributed by atoms with E-state index >= 15 is 0 Å². The van der Waals surface area contributed by atoms with Gasteiger partial charge in [-0.25, -0.2) is 0 Å². The Bertz CT molecular complexity index is 640. The number of carboxylic acids is 1. The van der Waals surface area contributed by atoms with Gasteiger partial charge in [0.1, 0.15) is 6.04 Å². The van der Waals surface area contributed by atoms with Crippen molar-refractivity contribution in [2.24, 2.45) is 0 Å². The van der Waals surface area contributed by atoms with Gasteiger partial charge in [0.05, 0.1) is 3.79 Å². The molecule has 0 saturated carbocycles. The highest BCUT2D eigenvalue weighted by Gasteiger charge is 2.31. The lowest BCUT2D eigenvalue weighted by Crippen LogP contribution is -2.44. The first-order chi connectivity index (χ1) is 9.63. The summed E-state index contributed by atoms with van der Waals surface area (Å²) in [6.45, 7) is 1.38. The van der Waals surface area contributed by atoms with Crippen LogP contribution in [0.2, 0.25) is 0 Å². The monoisotopic (exact) mass is 351 g/mol. The van der Waals surface area contributed by atoms with Gasteiger partial charge in [-0.05, 0) is 45.6 Å². The molecule has 1 aliphatic rings. The van der Waals surface area contributed by atoms with E-state index in [9.17, 15) is 9.90 Å². The van der Waals surface area contributed by atoms with Crippen LogP contribution in [0.5, 0.6) is 0 Å². The Morgan fingerprint density at radius 2 is 2.05 bits per heavy atom. The molecule has 0 radical (unpaired) electrons. The summed E-state index contributed by atoms with van der Waals surface area (Å²) in [6, 6.07) is 11.7. The Hall–Kier alpha value is -1.17. The van der Waals surface area contributed by atoms with Crippen molar-refractivity contribution in [2.75, 3.05) is 0 Å². The van der Waals surface area contributed by atoms with E-state index in [0.717, 1.165) is 9.35 Å². The zero-order chi connectivity index (χ0) is 14.1. The van der Waals surface area contributed by atoms with E-state index in [0.29, 0.717) is 19.5 Å². The first kappa shape index (κ1) is 13.8. The number of thiophene rings is 1. The molecule has 104 valence electrons. The second kappa shape index (κ2) is 5.68.